The van der Waals surface area contributed by atoms with E-state index in [4.69, 9.17) is 15.0 Å². The molecule has 260 valence electrons. The van der Waals surface area contributed by atoms with Gasteiger partial charge < -0.3 is 4.40 Å². The number of thiophene rings is 1. The molecule has 0 radical (unpaired) electrons. The zero-order valence-electron chi connectivity index (χ0n) is 30.1. The van der Waals surface area contributed by atoms with Crippen molar-refractivity contribution in [2.24, 2.45) is 0 Å². The Morgan fingerprint density at radius 3 is 1.89 bits per heavy atom. The van der Waals surface area contributed by atoms with E-state index in [-0.39, 0.29) is 0 Å². The first-order valence-electron chi connectivity index (χ1n) is 19.4. The van der Waals surface area contributed by atoms with Crippen molar-refractivity contribution >= 4 is 124 Å². The molecular formula is C51H25N5S. The van der Waals surface area contributed by atoms with Crippen molar-refractivity contribution in [2.45, 2.75) is 0 Å². The van der Waals surface area contributed by atoms with Gasteiger partial charge in [0, 0.05) is 74.4 Å². The van der Waals surface area contributed by atoms with Crippen molar-refractivity contribution in [2.75, 3.05) is 0 Å². The standard InChI is InChI=1S/C51H25N5S/c1-2-8-28(9-3-1)49-52-50(35-14-7-15-39-43(35)36-24-29-10-4-5-11-30(29)25-40(36)57-39)54-51(53-49)55-37-22-19-26-16-17-27-18-20-33-31-12-6-13-32-34-21-23-38(55)45-44(37)41(26)42(27)47(33)56(46(31)32)48(34)45/h1-25H. The number of hydrogen-bond donors (Lipinski definition) is 0. The molecule has 0 bridgehead atoms. The molecule has 0 N–H and O–H groups in total. The molecule has 0 amide bonds. The number of nitrogens with zero attached hydrogens (tertiary/aromatic N) is 5. The number of hydrogen-bond acceptors (Lipinski definition) is 4. The van der Waals surface area contributed by atoms with Gasteiger partial charge in [0.25, 0.3) is 0 Å². The molecule has 0 aliphatic carbocycles. The maximum Gasteiger partial charge on any atom is 0.238 e. The molecule has 0 spiro atoms. The van der Waals surface area contributed by atoms with Crippen molar-refractivity contribution in [3.05, 3.63) is 152 Å². The number of para-hydroxylation sites is 1. The quantitative estimate of drug-likeness (QED) is 0.170. The lowest BCUT2D eigenvalue weighted by molar-refractivity contribution is 0.955. The Labute approximate surface area is 326 Å². The van der Waals surface area contributed by atoms with Gasteiger partial charge in [-0.2, -0.15) is 9.97 Å². The molecule has 0 saturated heterocycles. The first-order valence-corrected chi connectivity index (χ1v) is 20.2. The molecule has 0 aliphatic heterocycles. The summed E-state index contributed by atoms with van der Waals surface area (Å²) in [6, 6.07) is 55.3. The number of benzene rings is 9. The van der Waals surface area contributed by atoms with Crippen LogP contribution in [0.1, 0.15) is 0 Å². The van der Waals surface area contributed by atoms with Crippen LogP contribution in [0.25, 0.3) is 141 Å². The fraction of sp³-hybridized carbons (Fsp3) is 0. The van der Waals surface area contributed by atoms with E-state index < -0.39 is 0 Å². The first kappa shape index (κ1) is 29.0. The molecule has 15 rings (SSSR count). The Morgan fingerprint density at radius 1 is 0.386 bits per heavy atom. The Morgan fingerprint density at radius 2 is 1.04 bits per heavy atom. The minimum absolute atomic E-state index is 0.611. The summed E-state index contributed by atoms with van der Waals surface area (Å²) >= 11 is 1.83. The maximum absolute atomic E-state index is 5.49. The van der Waals surface area contributed by atoms with Crippen LogP contribution in [0.15, 0.2) is 152 Å². The van der Waals surface area contributed by atoms with Gasteiger partial charge in [-0.1, -0.05) is 121 Å². The summed E-state index contributed by atoms with van der Waals surface area (Å²) in [6.45, 7) is 0. The van der Waals surface area contributed by atoms with Gasteiger partial charge in [0.05, 0.1) is 27.6 Å². The molecule has 5 nitrogen and oxygen atoms in total. The molecule has 0 aliphatic rings. The van der Waals surface area contributed by atoms with Gasteiger partial charge in [0.2, 0.25) is 5.95 Å². The minimum Gasteiger partial charge on any atom is -0.307 e. The van der Waals surface area contributed by atoms with Crippen molar-refractivity contribution < 1.29 is 0 Å². The summed E-state index contributed by atoms with van der Waals surface area (Å²) in [7, 11) is 0. The van der Waals surface area contributed by atoms with Gasteiger partial charge in [0.15, 0.2) is 11.6 Å². The van der Waals surface area contributed by atoms with Crippen LogP contribution in [0.3, 0.4) is 0 Å². The lowest BCUT2D eigenvalue weighted by atomic mass is 9.96. The van der Waals surface area contributed by atoms with E-state index in [1.165, 1.54) is 101 Å². The van der Waals surface area contributed by atoms with Crippen LogP contribution < -0.4 is 0 Å². The summed E-state index contributed by atoms with van der Waals surface area (Å²) in [5, 5.41) is 17.6. The molecule has 6 heteroatoms. The van der Waals surface area contributed by atoms with E-state index in [2.05, 4.69) is 155 Å². The third-order valence-electron chi connectivity index (χ3n) is 12.8. The number of aromatic nitrogens is 5. The van der Waals surface area contributed by atoms with E-state index >= 15 is 0 Å². The third-order valence-corrected chi connectivity index (χ3v) is 13.9. The Balaban J connectivity index is 1.12. The van der Waals surface area contributed by atoms with Crippen LogP contribution in [0.5, 0.6) is 0 Å². The second-order valence-corrected chi connectivity index (χ2v) is 16.6. The minimum atomic E-state index is 0.611. The molecule has 15 aromatic rings. The Kier molecular flexibility index (Phi) is 5.01. The van der Waals surface area contributed by atoms with Crippen molar-refractivity contribution in [3.63, 3.8) is 0 Å². The fourth-order valence-corrected chi connectivity index (χ4v) is 11.6. The van der Waals surface area contributed by atoms with Crippen LogP contribution >= 0.6 is 11.3 Å². The van der Waals surface area contributed by atoms with E-state index in [1.54, 1.807) is 0 Å². The number of fused-ring (bicyclic) bond motifs is 6. The lowest BCUT2D eigenvalue weighted by Crippen LogP contribution is -2.06. The molecule has 0 atom stereocenters. The maximum atomic E-state index is 5.49. The lowest BCUT2D eigenvalue weighted by Gasteiger charge is -2.12. The molecule has 57 heavy (non-hydrogen) atoms. The predicted molar refractivity (Wildman–Crippen MR) is 239 cm³/mol. The van der Waals surface area contributed by atoms with Gasteiger partial charge in [-0.3, -0.25) is 4.57 Å². The van der Waals surface area contributed by atoms with Crippen LogP contribution in [0.2, 0.25) is 0 Å². The predicted octanol–water partition coefficient (Wildman–Crippen LogP) is 13.6. The third kappa shape index (κ3) is 3.42. The topological polar surface area (TPSA) is 48.0 Å². The smallest absolute Gasteiger partial charge is 0.238 e. The average molecular weight is 740 g/mol. The van der Waals surface area contributed by atoms with E-state index in [0.717, 1.165) is 22.2 Å². The monoisotopic (exact) mass is 739 g/mol. The van der Waals surface area contributed by atoms with Gasteiger partial charge in [-0.05, 0) is 51.9 Å². The molecule has 0 unspecified atom stereocenters. The van der Waals surface area contributed by atoms with Crippen molar-refractivity contribution in [1.82, 2.24) is 23.9 Å². The van der Waals surface area contributed by atoms with Crippen LogP contribution in [-0.4, -0.2) is 23.9 Å². The summed E-state index contributed by atoms with van der Waals surface area (Å²) < 4.78 is 7.35. The summed E-state index contributed by atoms with van der Waals surface area (Å²) in [5.41, 5.74) is 8.00. The molecular weight excluding hydrogens is 715 g/mol. The zero-order chi connectivity index (χ0) is 36.7. The second-order valence-electron chi connectivity index (χ2n) is 15.5. The summed E-state index contributed by atoms with van der Waals surface area (Å²) in [5.74, 6) is 1.92. The van der Waals surface area contributed by atoms with Crippen molar-refractivity contribution in [1.29, 1.82) is 0 Å². The highest BCUT2D eigenvalue weighted by Gasteiger charge is 2.29. The fourth-order valence-electron chi connectivity index (χ4n) is 10.5. The molecule has 6 aromatic heterocycles. The van der Waals surface area contributed by atoms with Crippen LogP contribution in [-0.2, 0) is 0 Å². The van der Waals surface area contributed by atoms with Crippen LogP contribution in [0, 0.1) is 0 Å². The Bertz CT molecular complexity index is 4150. The van der Waals surface area contributed by atoms with Crippen LogP contribution in [0.4, 0.5) is 0 Å². The highest BCUT2D eigenvalue weighted by atomic mass is 32.1. The second kappa shape index (κ2) is 9.87. The normalized spacial score (nSPS) is 12.9. The zero-order valence-corrected chi connectivity index (χ0v) is 30.9. The van der Waals surface area contributed by atoms with E-state index in [9.17, 15) is 0 Å². The molecule has 9 aromatic carbocycles. The van der Waals surface area contributed by atoms with Gasteiger partial charge in [-0.25, -0.2) is 4.98 Å². The summed E-state index contributed by atoms with van der Waals surface area (Å²) in [6.07, 6.45) is 0. The van der Waals surface area contributed by atoms with E-state index in [0.29, 0.717) is 17.6 Å². The molecule has 0 fully saturated rings. The molecule has 0 saturated carbocycles. The highest BCUT2D eigenvalue weighted by Crippen LogP contribution is 2.51. The van der Waals surface area contributed by atoms with Gasteiger partial charge >= 0.3 is 0 Å². The van der Waals surface area contributed by atoms with Gasteiger partial charge in [-0.15, -0.1) is 11.3 Å². The largest absolute Gasteiger partial charge is 0.307 e. The molecule has 6 heterocycles. The average Bonchev–Trinajstić information content (AvgIpc) is 3.98. The first-order chi connectivity index (χ1) is 28.3. The van der Waals surface area contributed by atoms with Gasteiger partial charge in [0.1, 0.15) is 0 Å². The van der Waals surface area contributed by atoms with Crippen molar-refractivity contribution in [3.8, 4) is 28.7 Å². The summed E-state index contributed by atoms with van der Waals surface area (Å²) in [4.78, 5) is 16.1. The SMILES string of the molecule is c1ccc(-c2nc(-c3cccc4sc5cc6ccccc6cc5c34)nc(-n3c4ccc5ccc6ccc7c8cccc9c%10ccc3c3c4c5c6c7n(c89)c%103)n2)cc1. The Hall–Kier alpha value is -7.41. The number of rotatable bonds is 3. The van der Waals surface area contributed by atoms with E-state index in [1.807, 2.05) is 17.4 Å². The highest BCUT2D eigenvalue weighted by molar-refractivity contribution is 7.26.